The minimum absolute atomic E-state index is 0. The van der Waals surface area contributed by atoms with Crippen molar-refractivity contribution in [3.8, 4) is 5.75 Å². The average Bonchev–Trinajstić information content (AvgIpc) is 3.02. The summed E-state index contributed by atoms with van der Waals surface area (Å²) in [6.45, 7) is 9.53. The molecular formula is C21H34IN5O. The van der Waals surface area contributed by atoms with Crippen molar-refractivity contribution in [3.63, 3.8) is 0 Å². The van der Waals surface area contributed by atoms with E-state index >= 15 is 0 Å². The van der Waals surface area contributed by atoms with E-state index in [2.05, 4.69) is 56.8 Å². The van der Waals surface area contributed by atoms with Gasteiger partial charge in [0.15, 0.2) is 5.96 Å². The van der Waals surface area contributed by atoms with Gasteiger partial charge < -0.3 is 19.5 Å². The zero-order valence-corrected chi connectivity index (χ0v) is 20.1. The Morgan fingerprint density at radius 1 is 1.18 bits per heavy atom. The first-order valence-electron chi connectivity index (χ1n) is 9.60. The molecule has 0 atom stereocenters. The van der Waals surface area contributed by atoms with E-state index in [0.717, 1.165) is 50.0 Å². The first-order chi connectivity index (χ1) is 13.0. The number of aryl methyl sites for hydroxylation is 4. The molecule has 0 amide bonds. The molecule has 0 aliphatic heterocycles. The highest BCUT2D eigenvalue weighted by Crippen LogP contribution is 2.16. The summed E-state index contributed by atoms with van der Waals surface area (Å²) in [4.78, 5) is 10.7. The molecule has 28 heavy (non-hydrogen) atoms. The van der Waals surface area contributed by atoms with Crippen molar-refractivity contribution < 1.29 is 4.74 Å². The molecule has 2 rings (SSSR count). The van der Waals surface area contributed by atoms with Crippen LogP contribution in [0.2, 0.25) is 0 Å². The van der Waals surface area contributed by atoms with Crippen LogP contribution in [0.15, 0.2) is 35.6 Å². The molecule has 7 heteroatoms. The zero-order chi connectivity index (χ0) is 19.6. The van der Waals surface area contributed by atoms with Gasteiger partial charge in [0.2, 0.25) is 0 Å². The third-order valence-corrected chi connectivity index (χ3v) is 4.50. The van der Waals surface area contributed by atoms with E-state index in [0.29, 0.717) is 6.61 Å². The maximum Gasteiger partial charge on any atom is 0.193 e. The minimum Gasteiger partial charge on any atom is -0.492 e. The SMILES string of the molecule is CN=C(NCCCCn1ccnc1C)N(C)CCOc1cc(C)cc(C)c1.I. The summed E-state index contributed by atoms with van der Waals surface area (Å²) in [5.74, 6) is 2.90. The number of likely N-dealkylation sites (N-methyl/N-ethyl adjacent to an activating group) is 1. The van der Waals surface area contributed by atoms with Gasteiger partial charge in [-0.2, -0.15) is 0 Å². The fraction of sp³-hybridized carbons (Fsp3) is 0.524. The number of aromatic nitrogens is 2. The van der Waals surface area contributed by atoms with Gasteiger partial charge in [0.1, 0.15) is 18.2 Å². The van der Waals surface area contributed by atoms with Gasteiger partial charge in [0.05, 0.1) is 6.54 Å². The number of hydrogen-bond acceptors (Lipinski definition) is 3. The molecule has 0 aliphatic carbocycles. The highest BCUT2D eigenvalue weighted by atomic mass is 127. The van der Waals surface area contributed by atoms with Gasteiger partial charge in [0, 0.05) is 39.6 Å². The number of guanidine groups is 1. The fourth-order valence-corrected chi connectivity index (χ4v) is 3.05. The Balaban J connectivity index is 0.00000392. The Morgan fingerprint density at radius 2 is 1.89 bits per heavy atom. The van der Waals surface area contributed by atoms with E-state index in [1.807, 2.05) is 33.4 Å². The van der Waals surface area contributed by atoms with E-state index in [1.165, 1.54) is 11.1 Å². The molecule has 0 aliphatic rings. The molecule has 0 fully saturated rings. The van der Waals surface area contributed by atoms with E-state index in [4.69, 9.17) is 4.74 Å². The lowest BCUT2D eigenvalue weighted by molar-refractivity contribution is 0.281. The lowest BCUT2D eigenvalue weighted by atomic mass is 10.1. The molecule has 6 nitrogen and oxygen atoms in total. The molecule has 0 saturated carbocycles. The van der Waals surface area contributed by atoms with Gasteiger partial charge in [-0.3, -0.25) is 4.99 Å². The van der Waals surface area contributed by atoms with Crippen molar-refractivity contribution in [2.45, 2.75) is 40.2 Å². The second kappa shape index (κ2) is 12.6. The summed E-state index contributed by atoms with van der Waals surface area (Å²) < 4.78 is 8.08. The number of ether oxygens (including phenoxy) is 1. The van der Waals surface area contributed by atoms with Crippen LogP contribution in [0.25, 0.3) is 0 Å². The van der Waals surface area contributed by atoms with Gasteiger partial charge >= 0.3 is 0 Å². The molecule has 0 unspecified atom stereocenters. The van der Waals surface area contributed by atoms with Crippen LogP contribution in [0, 0.1) is 20.8 Å². The summed E-state index contributed by atoms with van der Waals surface area (Å²) in [5.41, 5.74) is 2.45. The smallest absolute Gasteiger partial charge is 0.193 e. The highest BCUT2D eigenvalue weighted by molar-refractivity contribution is 14.0. The first kappa shape index (κ1) is 24.3. The standard InChI is InChI=1S/C21H33N5O.HI/c1-17-14-18(2)16-20(15-17)27-13-12-25(5)21(22-4)24-8-6-7-10-26-11-9-23-19(26)3;/h9,11,14-16H,6-8,10,12-13H2,1-5H3,(H,22,24);1H. The van der Waals surface area contributed by atoms with Crippen molar-refractivity contribution in [1.82, 2.24) is 19.8 Å². The minimum atomic E-state index is 0. The first-order valence-corrected chi connectivity index (χ1v) is 9.60. The molecule has 1 N–H and O–H groups in total. The van der Waals surface area contributed by atoms with Crippen LogP contribution in [0.5, 0.6) is 5.75 Å². The van der Waals surface area contributed by atoms with Crippen molar-refractivity contribution in [1.29, 1.82) is 0 Å². The number of aliphatic imine (C=N–C) groups is 1. The van der Waals surface area contributed by atoms with E-state index in [9.17, 15) is 0 Å². The summed E-state index contributed by atoms with van der Waals surface area (Å²) in [6, 6.07) is 6.29. The van der Waals surface area contributed by atoms with Crippen LogP contribution in [0.3, 0.4) is 0 Å². The Kier molecular flexibility index (Phi) is 11.0. The van der Waals surface area contributed by atoms with Crippen LogP contribution in [0.4, 0.5) is 0 Å². The van der Waals surface area contributed by atoms with Gasteiger partial charge in [-0.05, 0) is 56.9 Å². The number of rotatable bonds is 9. The maximum absolute atomic E-state index is 5.90. The third kappa shape index (κ3) is 8.08. The van der Waals surface area contributed by atoms with Crippen LogP contribution < -0.4 is 10.1 Å². The molecule has 1 heterocycles. The van der Waals surface area contributed by atoms with Crippen molar-refractivity contribution in [2.24, 2.45) is 4.99 Å². The molecule has 0 spiro atoms. The molecule has 1 aromatic carbocycles. The predicted octanol–water partition coefficient (Wildman–Crippen LogP) is 3.79. The molecule has 0 bridgehead atoms. The Labute approximate surface area is 186 Å². The quantitative estimate of drug-likeness (QED) is 0.247. The van der Waals surface area contributed by atoms with Gasteiger partial charge in [-0.1, -0.05) is 6.07 Å². The molecular weight excluding hydrogens is 465 g/mol. The van der Waals surface area contributed by atoms with Gasteiger partial charge in [0.25, 0.3) is 0 Å². The van der Waals surface area contributed by atoms with Crippen molar-refractivity contribution in [2.75, 3.05) is 33.8 Å². The fourth-order valence-electron chi connectivity index (χ4n) is 3.05. The zero-order valence-electron chi connectivity index (χ0n) is 17.7. The Morgan fingerprint density at radius 3 is 2.50 bits per heavy atom. The van der Waals surface area contributed by atoms with Crippen molar-refractivity contribution in [3.05, 3.63) is 47.5 Å². The molecule has 2 aromatic rings. The van der Waals surface area contributed by atoms with Crippen LogP contribution in [-0.2, 0) is 6.54 Å². The second-order valence-electron chi connectivity index (χ2n) is 6.94. The van der Waals surface area contributed by atoms with Gasteiger partial charge in [-0.25, -0.2) is 4.98 Å². The van der Waals surface area contributed by atoms with E-state index in [1.54, 1.807) is 0 Å². The number of imidazole rings is 1. The lowest BCUT2D eigenvalue weighted by Gasteiger charge is -2.22. The number of nitrogens with one attached hydrogen (secondary N) is 1. The Bertz CT molecular complexity index is 724. The summed E-state index contributed by atoms with van der Waals surface area (Å²) in [6.07, 6.45) is 6.08. The summed E-state index contributed by atoms with van der Waals surface area (Å²) in [5, 5.41) is 3.43. The van der Waals surface area contributed by atoms with E-state index in [-0.39, 0.29) is 24.0 Å². The number of unbranched alkanes of at least 4 members (excludes halogenated alkanes) is 1. The van der Waals surface area contributed by atoms with Crippen molar-refractivity contribution >= 4 is 29.9 Å². The van der Waals surface area contributed by atoms with Crippen LogP contribution in [-0.4, -0.2) is 54.2 Å². The van der Waals surface area contributed by atoms with Crippen LogP contribution >= 0.6 is 24.0 Å². The average molecular weight is 499 g/mol. The molecule has 0 radical (unpaired) electrons. The largest absolute Gasteiger partial charge is 0.492 e. The summed E-state index contributed by atoms with van der Waals surface area (Å²) in [7, 11) is 3.85. The lowest BCUT2D eigenvalue weighted by Crippen LogP contribution is -2.41. The second-order valence-corrected chi connectivity index (χ2v) is 6.94. The number of nitrogens with zero attached hydrogens (tertiary/aromatic N) is 4. The summed E-state index contributed by atoms with van der Waals surface area (Å²) >= 11 is 0. The third-order valence-electron chi connectivity index (χ3n) is 4.50. The molecule has 0 saturated heterocycles. The maximum atomic E-state index is 5.90. The number of hydrogen-bond donors (Lipinski definition) is 1. The monoisotopic (exact) mass is 499 g/mol. The van der Waals surface area contributed by atoms with Gasteiger partial charge in [-0.15, -0.1) is 24.0 Å². The number of benzene rings is 1. The van der Waals surface area contributed by atoms with Crippen LogP contribution in [0.1, 0.15) is 29.8 Å². The highest BCUT2D eigenvalue weighted by Gasteiger charge is 2.06. The molecule has 156 valence electrons. The Hall–Kier alpha value is -1.77. The normalized spacial score (nSPS) is 11.1. The molecule has 1 aromatic heterocycles. The van der Waals surface area contributed by atoms with E-state index < -0.39 is 0 Å². The topological polar surface area (TPSA) is 54.7 Å². The number of halogens is 1. The predicted molar refractivity (Wildman–Crippen MR) is 127 cm³/mol.